The molecule has 4 rings (SSSR count). The highest BCUT2D eigenvalue weighted by Crippen LogP contribution is 2.52. The first kappa shape index (κ1) is 25.3. The van der Waals surface area contributed by atoms with Gasteiger partial charge >= 0.3 is 5.97 Å². The number of nitrogens with zero attached hydrogens (tertiary/aromatic N) is 2. The molecule has 2 aliphatic rings. The van der Waals surface area contributed by atoms with Crippen molar-refractivity contribution in [2.45, 2.75) is 48.3 Å². The van der Waals surface area contributed by atoms with Crippen molar-refractivity contribution < 1.29 is 24.3 Å². The summed E-state index contributed by atoms with van der Waals surface area (Å²) < 4.78 is -0.285. The van der Waals surface area contributed by atoms with Gasteiger partial charge in [0.1, 0.15) is 12.3 Å². The second-order valence-electron chi connectivity index (χ2n) is 8.71. The number of hydrogen-bond acceptors (Lipinski definition) is 7. The van der Waals surface area contributed by atoms with E-state index in [1.807, 2.05) is 18.2 Å². The summed E-state index contributed by atoms with van der Waals surface area (Å²) in [4.78, 5) is 57.7. The summed E-state index contributed by atoms with van der Waals surface area (Å²) >= 11 is 3.47. The molecule has 0 aliphatic carbocycles. The Morgan fingerprint density at radius 3 is 2.66 bits per heavy atom. The topological polar surface area (TPSA) is 132 Å². The second-order valence-corrected chi connectivity index (χ2v) is 11.9. The van der Waals surface area contributed by atoms with Gasteiger partial charge in [0.25, 0.3) is 5.91 Å². The van der Waals surface area contributed by atoms with Crippen LogP contribution in [-0.2, 0) is 27.2 Å². The van der Waals surface area contributed by atoms with Gasteiger partial charge in [-0.2, -0.15) is 0 Å². The van der Waals surface area contributed by atoms with Crippen LogP contribution in [0.1, 0.15) is 41.1 Å². The fourth-order valence-corrected chi connectivity index (χ4v) is 7.71. The fraction of sp³-hybridized carbons (Fsp3) is 0.458. The molecule has 11 heteroatoms. The van der Waals surface area contributed by atoms with Crippen LogP contribution in [0.25, 0.3) is 0 Å². The number of carbonyl (C=O) groups is 4. The molecule has 3 heterocycles. The number of likely N-dealkylation sites (tertiary alicyclic amines) is 1. The van der Waals surface area contributed by atoms with Crippen molar-refractivity contribution in [3.05, 3.63) is 53.6 Å². The number of aldehydes is 1. The molecule has 0 radical (unpaired) electrons. The Labute approximate surface area is 211 Å². The first-order chi connectivity index (χ1) is 16.9. The maximum Gasteiger partial charge on any atom is 0.305 e. The average Bonchev–Trinajstić information content (AvgIpc) is 3.59. The number of benzene rings is 1. The molecule has 1 spiro atoms. The highest BCUT2D eigenvalue weighted by atomic mass is 32.2. The zero-order chi connectivity index (χ0) is 24.8. The minimum absolute atomic E-state index is 0.181. The van der Waals surface area contributed by atoms with Gasteiger partial charge in [-0.15, -0.1) is 23.5 Å². The van der Waals surface area contributed by atoms with E-state index in [1.54, 1.807) is 29.7 Å². The summed E-state index contributed by atoms with van der Waals surface area (Å²) in [7, 11) is 0. The van der Waals surface area contributed by atoms with Crippen molar-refractivity contribution in [3.63, 3.8) is 0 Å². The fourth-order valence-electron chi connectivity index (χ4n) is 4.45. The number of rotatable bonds is 10. The van der Waals surface area contributed by atoms with Crippen LogP contribution >= 0.6 is 23.5 Å². The van der Waals surface area contributed by atoms with Gasteiger partial charge in [0, 0.05) is 36.4 Å². The van der Waals surface area contributed by atoms with Crippen molar-refractivity contribution in [2.75, 3.05) is 18.1 Å². The van der Waals surface area contributed by atoms with Gasteiger partial charge in [-0.25, -0.2) is 4.98 Å². The van der Waals surface area contributed by atoms with Crippen molar-refractivity contribution in [1.82, 2.24) is 20.2 Å². The van der Waals surface area contributed by atoms with Gasteiger partial charge < -0.3 is 25.1 Å². The smallest absolute Gasteiger partial charge is 0.305 e. The van der Waals surface area contributed by atoms with E-state index in [9.17, 15) is 19.2 Å². The van der Waals surface area contributed by atoms with Gasteiger partial charge in [0.15, 0.2) is 5.82 Å². The molecule has 2 saturated heterocycles. The quantitative estimate of drug-likeness (QED) is 0.409. The molecule has 2 atom stereocenters. The van der Waals surface area contributed by atoms with Crippen molar-refractivity contribution >= 4 is 47.6 Å². The predicted octanol–water partition coefficient (Wildman–Crippen LogP) is 2.13. The third-order valence-corrected chi connectivity index (χ3v) is 9.57. The van der Waals surface area contributed by atoms with E-state index < -0.39 is 30.4 Å². The zero-order valence-corrected chi connectivity index (χ0v) is 20.8. The van der Waals surface area contributed by atoms with Crippen LogP contribution in [-0.4, -0.2) is 78.3 Å². The molecule has 2 amide bonds. The lowest BCUT2D eigenvalue weighted by Gasteiger charge is -2.24. The predicted molar refractivity (Wildman–Crippen MR) is 134 cm³/mol. The molecule has 0 saturated carbocycles. The molecule has 35 heavy (non-hydrogen) atoms. The van der Waals surface area contributed by atoms with Crippen LogP contribution < -0.4 is 5.32 Å². The van der Waals surface area contributed by atoms with E-state index in [0.29, 0.717) is 19.3 Å². The molecule has 9 nitrogen and oxygen atoms in total. The Morgan fingerprint density at radius 1 is 1.23 bits per heavy atom. The van der Waals surface area contributed by atoms with Crippen molar-refractivity contribution in [1.29, 1.82) is 0 Å². The van der Waals surface area contributed by atoms with Gasteiger partial charge in [0.05, 0.1) is 16.5 Å². The number of nitrogens with one attached hydrogen (secondary N) is 2. The minimum Gasteiger partial charge on any atom is -0.481 e. The summed E-state index contributed by atoms with van der Waals surface area (Å²) in [5.74, 6) is -0.0238. The van der Waals surface area contributed by atoms with E-state index in [0.717, 1.165) is 36.5 Å². The second kappa shape index (κ2) is 11.3. The lowest BCUT2D eigenvalue weighted by Crippen LogP contribution is -2.49. The SMILES string of the molecule is O=CC(CC(=O)O)NC(=O)C1CC2(CN1C(=O)c1ncc(CCCc3ccccc3)[nH]1)SCCS2. The van der Waals surface area contributed by atoms with Crippen LogP contribution in [0, 0.1) is 0 Å². The number of H-pyrrole nitrogens is 1. The molecule has 1 aromatic heterocycles. The Balaban J connectivity index is 1.43. The Bertz CT molecular complexity index is 1070. The molecule has 186 valence electrons. The number of aliphatic carboxylic acids is 1. The molecular formula is C24H28N4O5S2. The van der Waals surface area contributed by atoms with Crippen LogP contribution in [0.15, 0.2) is 36.5 Å². The Morgan fingerprint density at radius 2 is 1.97 bits per heavy atom. The highest BCUT2D eigenvalue weighted by molar-refractivity contribution is 8.21. The molecule has 3 N–H and O–H groups in total. The van der Waals surface area contributed by atoms with E-state index >= 15 is 0 Å². The van der Waals surface area contributed by atoms with Crippen molar-refractivity contribution in [3.8, 4) is 0 Å². The van der Waals surface area contributed by atoms with Crippen molar-refractivity contribution in [2.24, 2.45) is 0 Å². The first-order valence-electron chi connectivity index (χ1n) is 11.5. The number of carboxylic acid groups (broad SMARTS) is 1. The first-order valence-corrected chi connectivity index (χ1v) is 13.5. The number of aromatic amines is 1. The standard InChI is InChI=1S/C24H28N4O5S2/c29-14-18(11-20(30)31)27-22(32)19-12-24(34-9-10-35-24)15-28(19)23(33)21-25-13-17(26-21)8-4-7-16-5-2-1-3-6-16/h1-3,5-6,13-14,18-19H,4,7-12,15H2,(H,25,26)(H,27,32)(H,30,31). The monoisotopic (exact) mass is 516 g/mol. The van der Waals surface area contributed by atoms with Gasteiger partial charge in [-0.3, -0.25) is 14.4 Å². The highest BCUT2D eigenvalue weighted by Gasteiger charge is 2.51. The summed E-state index contributed by atoms with van der Waals surface area (Å²) in [5.41, 5.74) is 2.11. The lowest BCUT2D eigenvalue weighted by atomic mass is 10.1. The van der Waals surface area contributed by atoms with E-state index in [-0.39, 0.29) is 15.8 Å². The van der Waals surface area contributed by atoms with Gasteiger partial charge in [0.2, 0.25) is 5.91 Å². The molecule has 0 bridgehead atoms. The molecular weight excluding hydrogens is 488 g/mol. The van der Waals surface area contributed by atoms with E-state index in [2.05, 4.69) is 27.4 Å². The molecule has 2 unspecified atom stereocenters. The van der Waals surface area contributed by atoms with Crippen LogP contribution in [0.5, 0.6) is 0 Å². The lowest BCUT2D eigenvalue weighted by molar-refractivity contribution is -0.139. The number of thioether (sulfide) groups is 2. The third kappa shape index (κ3) is 6.26. The number of aromatic nitrogens is 2. The number of imidazole rings is 1. The summed E-state index contributed by atoms with van der Waals surface area (Å²) in [6.07, 6.45) is 4.57. The largest absolute Gasteiger partial charge is 0.481 e. The Hall–Kier alpha value is -2.79. The average molecular weight is 517 g/mol. The summed E-state index contributed by atoms with van der Waals surface area (Å²) in [5, 5.41) is 11.5. The minimum atomic E-state index is -1.18. The van der Waals surface area contributed by atoms with Crippen LogP contribution in [0.4, 0.5) is 0 Å². The normalized spacial score (nSPS) is 19.5. The van der Waals surface area contributed by atoms with E-state index in [4.69, 9.17) is 5.11 Å². The summed E-state index contributed by atoms with van der Waals surface area (Å²) in [6.45, 7) is 0.383. The number of carboxylic acids is 1. The van der Waals surface area contributed by atoms with E-state index in [1.165, 1.54) is 10.5 Å². The number of hydrogen-bond donors (Lipinski definition) is 3. The summed E-state index contributed by atoms with van der Waals surface area (Å²) in [6, 6.07) is 8.23. The third-order valence-electron chi connectivity index (χ3n) is 6.14. The zero-order valence-electron chi connectivity index (χ0n) is 19.1. The molecule has 1 aromatic carbocycles. The number of carbonyl (C=O) groups excluding carboxylic acids is 3. The number of amides is 2. The van der Waals surface area contributed by atoms with Gasteiger partial charge in [-0.05, 0) is 24.8 Å². The molecule has 2 aromatic rings. The molecule has 2 aliphatic heterocycles. The van der Waals surface area contributed by atoms with Crippen LogP contribution in [0.3, 0.4) is 0 Å². The molecule has 2 fully saturated rings. The Kier molecular flexibility index (Phi) is 8.17. The maximum absolute atomic E-state index is 13.4. The van der Waals surface area contributed by atoms with Gasteiger partial charge in [-0.1, -0.05) is 30.3 Å². The number of aryl methyl sites for hydroxylation is 2. The maximum atomic E-state index is 13.4. The van der Waals surface area contributed by atoms with Crippen LogP contribution in [0.2, 0.25) is 0 Å².